The molecule has 1 aromatic heterocycles. The molecule has 4 rings (SSSR count). The summed E-state index contributed by atoms with van der Waals surface area (Å²) in [4.78, 5) is 25.3. The number of hydrogen-bond acceptors (Lipinski definition) is 3. The van der Waals surface area contributed by atoms with Gasteiger partial charge in [-0.15, -0.1) is 0 Å². The molecule has 1 heterocycles. The van der Waals surface area contributed by atoms with Gasteiger partial charge in [-0.2, -0.15) is 0 Å². The lowest BCUT2D eigenvalue weighted by Crippen LogP contribution is -2.20. The van der Waals surface area contributed by atoms with Crippen LogP contribution < -0.4 is 0 Å². The summed E-state index contributed by atoms with van der Waals surface area (Å²) in [6.07, 6.45) is 1.29. The third kappa shape index (κ3) is 2.94. The first-order valence-electron chi connectivity index (χ1n) is 9.00. The summed E-state index contributed by atoms with van der Waals surface area (Å²) in [7, 11) is 1.36. The zero-order valence-corrected chi connectivity index (χ0v) is 16.0. The molecule has 138 valence electrons. The summed E-state index contributed by atoms with van der Waals surface area (Å²) in [5.41, 5.74) is 3.92. The number of carbonyl (C=O) groups excluding carboxylic acids is 2. The van der Waals surface area contributed by atoms with Crippen LogP contribution >= 0.6 is 11.6 Å². The van der Waals surface area contributed by atoms with Crippen molar-refractivity contribution < 1.29 is 14.3 Å². The van der Waals surface area contributed by atoms with Crippen LogP contribution in [0.1, 0.15) is 45.3 Å². The maximum atomic E-state index is 12.9. The lowest BCUT2D eigenvalue weighted by Gasteiger charge is -2.20. The smallest absolute Gasteiger partial charge is 0.338 e. The van der Waals surface area contributed by atoms with Crippen LogP contribution in [0.5, 0.6) is 0 Å². The van der Waals surface area contributed by atoms with E-state index in [0.717, 1.165) is 23.2 Å². The number of hydrogen-bond donors (Lipinski definition) is 0. The van der Waals surface area contributed by atoms with Crippen LogP contribution in [-0.2, 0) is 17.7 Å². The Morgan fingerprint density at radius 1 is 1.19 bits per heavy atom. The van der Waals surface area contributed by atoms with E-state index < -0.39 is 5.97 Å². The maximum absolute atomic E-state index is 12.9. The first kappa shape index (κ1) is 17.8. The van der Waals surface area contributed by atoms with Crippen LogP contribution in [0.2, 0.25) is 5.02 Å². The number of methoxy groups -OCH3 is 1. The number of benzene rings is 2. The van der Waals surface area contributed by atoms with E-state index in [4.69, 9.17) is 16.3 Å². The summed E-state index contributed by atoms with van der Waals surface area (Å²) in [5.74, 6) is -0.0754. The van der Waals surface area contributed by atoms with E-state index in [0.29, 0.717) is 34.5 Å². The van der Waals surface area contributed by atoms with E-state index >= 15 is 0 Å². The second kappa shape index (κ2) is 6.86. The summed E-state index contributed by atoms with van der Waals surface area (Å²) >= 11 is 6.38. The fourth-order valence-corrected chi connectivity index (χ4v) is 4.24. The normalized spacial score (nSPS) is 16.4. The van der Waals surface area contributed by atoms with E-state index in [-0.39, 0.29) is 11.7 Å². The number of ketones is 1. The van der Waals surface area contributed by atoms with Gasteiger partial charge in [0.25, 0.3) is 0 Å². The van der Waals surface area contributed by atoms with Crippen molar-refractivity contribution in [2.75, 3.05) is 7.11 Å². The number of esters is 1. The fourth-order valence-electron chi connectivity index (χ4n) is 4.04. The molecule has 1 unspecified atom stereocenters. The minimum absolute atomic E-state index is 0.0861. The average Bonchev–Trinajstić information content (AvgIpc) is 2.96. The highest BCUT2D eigenvalue weighted by Gasteiger charge is 2.31. The van der Waals surface area contributed by atoms with E-state index in [2.05, 4.69) is 11.5 Å². The first-order valence-corrected chi connectivity index (χ1v) is 9.38. The second-order valence-corrected chi connectivity index (χ2v) is 7.53. The molecule has 5 heteroatoms. The zero-order valence-electron chi connectivity index (χ0n) is 15.3. The highest BCUT2D eigenvalue weighted by Crippen LogP contribution is 2.37. The largest absolute Gasteiger partial charge is 0.465 e. The second-order valence-electron chi connectivity index (χ2n) is 7.13. The number of halogens is 1. The predicted molar refractivity (Wildman–Crippen MR) is 106 cm³/mol. The Morgan fingerprint density at radius 2 is 1.96 bits per heavy atom. The molecule has 0 saturated heterocycles. The maximum Gasteiger partial charge on any atom is 0.338 e. The molecule has 27 heavy (non-hydrogen) atoms. The fraction of sp³-hybridized carbons (Fsp3) is 0.273. The van der Waals surface area contributed by atoms with Gasteiger partial charge in [-0.1, -0.05) is 42.8 Å². The van der Waals surface area contributed by atoms with Gasteiger partial charge in [0.2, 0.25) is 0 Å². The molecule has 1 atom stereocenters. The molecule has 1 aliphatic carbocycles. The highest BCUT2D eigenvalue weighted by atomic mass is 35.5. The number of nitrogens with zero attached hydrogens (tertiary/aromatic N) is 1. The summed E-state index contributed by atoms with van der Waals surface area (Å²) < 4.78 is 7.09. The van der Waals surface area contributed by atoms with Crippen molar-refractivity contribution in [1.82, 2.24) is 4.57 Å². The Hall–Kier alpha value is -2.59. The third-order valence-corrected chi connectivity index (χ3v) is 5.61. The zero-order chi connectivity index (χ0) is 19.1. The monoisotopic (exact) mass is 381 g/mol. The summed E-state index contributed by atoms with van der Waals surface area (Å²) in [5, 5.41) is 1.38. The minimum atomic E-state index is -0.426. The van der Waals surface area contributed by atoms with Gasteiger partial charge in [0.15, 0.2) is 5.78 Å². The quantitative estimate of drug-likeness (QED) is 0.606. The third-order valence-electron chi connectivity index (χ3n) is 5.24. The first-order chi connectivity index (χ1) is 13.0. The van der Waals surface area contributed by atoms with E-state index in [9.17, 15) is 9.59 Å². The van der Waals surface area contributed by atoms with Gasteiger partial charge < -0.3 is 9.30 Å². The van der Waals surface area contributed by atoms with Crippen molar-refractivity contribution in [3.05, 3.63) is 69.9 Å². The number of aromatic nitrogens is 1. The van der Waals surface area contributed by atoms with Crippen molar-refractivity contribution in [3.63, 3.8) is 0 Å². The molecule has 0 N–H and O–H groups in total. The van der Waals surface area contributed by atoms with E-state index in [1.165, 1.54) is 7.11 Å². The van der Waals surface area contributed by atoms with Gasteiger partial charge >= 0.3 is 5.97 Å². The number of carbonyl (C=O) groups is 2. The van der Waals surface area contributed by atoms with Crippen molar-refractivity contribution >= 4 is 34.3 Å². The van der Waals surface area contributed by atoms with Crippen LogP contribution in [0.15, 0.2) is 42.5 Å². The van der Waals surface area contributed by atoms with Gasteiger partial charge in [-0.25, -0.2) is 4.79 Å². The van der Waals surface area contributed by atoms with Gasteiger partial charge in [-0.3, -0.25) is 4.79 Å². The van der Waals surface area contributed by atoms with E-state index in [1.807, 2.05) is 36.4 Å². The van der Waals surface area contributed by atoms with E-state index in [1.54, 1.807) is 6.07 Å². The molecule has 0 bridgehead atoms. The minimum Gasteiger partial charge on any atom is -0.465 e. The standard InChI is InChI=1S/C22H20ClNO3/c1-13-10-18-21(19(25)11-13)20-15(22(26)27-2)7-5-9-17(20)24(18)12-14-6-3-4-8-16(14)23/h3-9,13H,10-12H2,1-2H3. The topological polar surface area (TPSA) is 48.3 Å². The average molecular weight is 382 g/mol. The van der Waals surface area contributed by atoms with Crippen molar-refractivity contribution in [3.8, 4) is 0 Å². The molecule has 0 fully saturated rings. The van der Waals surface area contributed by atoms with Crippen LogP contribution in [0.25, 0.3) is 10.9 Å². The molecule has 0 aliphatic heterocycles. The molecule has 0 amide bonds. The van der Waals surface area contributed by atoms with Crippen LogP contribution in [0, 0.1) is 5.92 Å². The number of Topliss-reactive ketones (excluding diaryl/α,β-unsaturated/α-hetero) is 1. The highest BCUT2D eigenvalue weighted by molar-refractivity contribution is 6.31. The van der Waals surface area contributed by atoms with Crippen molar-refractivity contribution in [2.24, 2.45) is 5.92 Å². The van der Waals surface area contributed by atoms with Gasteiger partial charge in [-0.05, 0) is 36.1 Å². The molecular weight excluding hydrogens is 362 g/mol. The Kier molecular flexibility index (Phi) is 4.52. The Bertz CT molecular complexity index is 1070. The van der Waals surface area contributed by atoms with Gasteiger partial charge in [0.05, 0.1) is 18.2 Å². The SMILES string of the molecule is COC(=O)c1cccc2c1c1c(n2Cc2ccccc2Cl)CC(C)CC1=O. The Balaban J connectivity index is 2.01. The number of ether oxygens (including phenoxy) is 1. The van der Waals surface area contributed by atoms with Crippen molar-refractivity contribution in [2.45, 2.75) is 26.3 Å². The molecule has 2 aromatic carbocycles. The molecule has 0 spiro atoms. The Labute approximate surface area is 162 Å². The number of fused-ring (bicyclic) bond motifs is 3. The lowest BCUT2D eigenvalue weighted by molar-refractivity contribution is 0.0603. The van der Waals surface area contributed by atoms with Crippen LogP contribution in [-0.4, -0.2) is 23.4 Å². The van der Waals surface area contributed by atoms with Crippen LogP contribution in [0.3, 0.4) is 0 Å². The predicted octanol–water partition coefficient (Wildman–Crippen LogP) is 4.89. The van der Waals surface area contributed by atoms with Crippen LogP contribution in [0.4, 0.5) is 0 Å². The van der Waals surface area contributed by atoms with Crippen molar-refractivity contribution in [1.29, 1.82) is 0 Å². The number of rotatable bonds is 3. The molecule has 3 aromatic rings. The van der Waals surface area contributed by atoms with Gasteiger partial charge in [0.1, 0.15) is 0 Å². The molecular formula is C22H20ClNO3. The molecule has 1 aliphatic rings. The molecule has 0 radical (unpaired) electrons. The Morgan fingerprint density at radius 3 is 2.70 bits per heavy atom. The molecule has 4 nitrogen and oxygen atoms in total. The lowest BCUT2D eigenvalue weighted by atomic mass is 9.86. The summed E-state index contributed by atoms with van der Waals surface area (Å²) in [6.45, 7) is 2.63. The summed E-state index contributed by atoms with van der Waals surface area (Å²) in [6, 6.07) is 13.2. The molecule has 0 saturated carbocycles. The van der Waals surface area contributed by atoms with Gasteiger partial charge in [0, 0.05) is 34.6 Å².